The largest absolute Gasteiger partial charge is 0.302 e. The summed E-state index contributed by atoms with van der Waals surface area (Å²) in [7, 11) is -0.937. The molecule has 1 atom stereocenters. The Morgan fingerprint density at radius 1 is 1.04 bits per heavy atom. The molecule has 126 valence electrons. The molecule has 0 bridgehead atoms. The maximum Gasteiger partial charge on any atom is 0.159 e. The fourth-order valence-corrected chi connectivity index (χ4v) is 4.24. The average molecular weight is 341 g/mol. The van der Waals surface area contributed by atoms with E-state index in [9.17, 15) is 9.00 Å². The molecule has 0 aromatic heterocycles. The Kier molecular flexibility index (Phi) is 5.59. The summed E-state index contributed by atoms with van der Waals surface area (Å²) in [6.45, 7) is 4.40. The number of rotatable bonds is 5. The molecule has 2 aromatic carbocycles. The number of Topliss-reactive ketones (excluding diaryl/α,β-unsaturated/α-hetero) is 1. The van der Waals surface area contributed by atoms with E-state index in [2.05, 4.69) is 11.0 Å². The van der Waals surface area contributed by atoms with E-state index in [0.717, 1.165) is 42.9 Å². The Bertz CT molecular complexity index is 743. The van der Waals surface area contributed by atoms with Gasteiger partial charge in [-0.3, -0.25) is 9.00 Å². The van der Waals surface area contributed by atoms with Gasteiger partial charge in [-0.25, -0.2) is 0 Å². The Balaban J connectivity index is 1.58. The van der Waals surface area contributed by atoms with Crippen LogP contribution in [0.1, 0.15) is 28.4 Å². The highest BCUT2D eigenvalue weighted by molar-refractivity contribution is 7.85. The van der Waals surface area contributed by atoms with Gasteiger partial charge in [0.15, 0.2) is 5.78 Å². The van der Waals surface area contributed by atoms with Gasteiger partial charge in [-0.15, -0.1) is 0 Å². The van der Waals surface area contributed by atoms with Crippen molar-refractivity contribution >= 4 is 16.6 Å². The van der Waals surface area contributed by atoms with Gasteiger partial charge in [0.25, 0.3) is 0 Å². The molecule has 0 amide bonds. The third-order valence-corrected chi connectivity index (χ3v) is 5.96. The first-order valence-electron chi connectivity index (χ1n) is 8.42. The fraction of sp³-hybridized carbons (Fsp3) is 0.350. The van der Waals surface area contributed by atoms with E-state index >= 15 is 0 Å². The first kappa shape index (κ1) is 17.1. The average Bonchev–Trinajstić information content (AvgIpc) is 2.82. The first-order valence-corrected chi connectivity index (χ1v) is 9.74. The summed E-state index contributed by atoms with van der Waals surface area (Å²) in [6.07, 6.45) is 1.94. The lowest BCUT2D eigenvalue weighted by atomic mass is 9.99. The Morgan fingerprint density at radius 3 is 2.46 bits per heavy atom. The summed E-state index contributed by atoms with van der Waals surface area (Å²) in [5.41, 5.74) is 3.42. The van der Waals surface area contributed by atoms with Gasteiger partial charge in [-0.2, -0.15) is 0 Å². The summed E-state index contributed by atoms with van der Waals surface area (Å²) >= 11 is 0. The predicted octanol–water partition coefficient (Wildman–Crippen LogP) is 3.10. The van der Waals surface area contributed by atoms with Gasteiger partial charge in [0.1, 0.15) is 0 Å². The molecular formula is C20H23NO2S. The molecule has 0 saturated carbocycles. The molecule has 1 aliphatic rings. The molecule has 24 heavy (non-hydrogen) atoms. The molecule has 0 spiro atoms. The van der Waals surface area contributed by atoms with Gasteiger partial charge in [0, 0.05) is 35.8 Å². The lowest BCUT2D eigenvalue weighted by Gasteiger charge is -2.19. The minimum absolute atomic E-state index is 0.122. The van der Waals surface area contributed by atoms with Gasteiger partial charge in [0.2, 0.25) is 0 Å². The van der Waals surface area contributed by atoms with E-state index in [1.807, 2.05) is 42.5 Å². The molecule has 0 fully saturated rings. The summed E-state index contributed by atoms with van der Waals surface area (Å²) in [4.78, 5) is 14.8. The summed E-state index contributed by atoms with van der Waals surface area (Å²) in [5, 5.41) is 0. The zero-order valence-electron chi connectivity index (χ0n) is 14.0. The van der Waals surface area contributed by atoms with Gasteiger partial charge in [-0.05, 0) is 49.1 Å². The number of nitrogens with zero attached hydrogens (tertiary/aromatic N) is 1. The van der Waals surface area contributed by atoms with Crippen molar-refractivity contribution in [3.8, 4) is 0 Å². The van der Waals surface area contributed by atoms with Crippen molar-refractivity contribution in [1.29, 1.82) is 0 Å². The van der Waals surface area contributed by atoms with Crippen molar-refractivity contribution in [1.82, 2.24) is 4.90 Å². The summed E-state index contributed by atoms with van der Waals surface area (Å²) < 4.78 is 12.4. The van der Waals surface area contributed by atoms with Crippen molar-refractivity contribution in [2.45, 2.75) is 24.7 Å². The van der Waals surface area contributed by atoms with Crippen LogP contribution in [0.3, 0.4) is 0 Å². The number of benzene rings is 2. The minimum Gasteiger partial charge on any atom is -0.302 e. The first-order chi connectivity index (χ1) is 11.6. The fourth-order valence-electron chi connectivity index (χ4n) is 3.12. The topological polar surface area (TPSA) is 37.4 Å². The van der Waals surface area contributed by atoms with E-state index in [-0.39, 0.29) is 5.78 Å². The van der Waals surface area contributed by atoms with E-state index in [1.165, 1.54) is 11.1 Å². The predicted molar refractivity (Wildman–Crippen MR) is 98.0 cm³/mol. The van der Waals surface area contributed by atoms with Crippen LogP contribution in [0.5, 0.6) is 0 Å². The Hall–Kier alpha value is -1.78. The molecular weight excluding hydrogens is 318 g/mol. The van der Waals surface area contributed by atoms with Crippen molar-refractivity contribution < 1.29 is 9.00 Å². The summed E-state index contributed by atoms with van der Waals surface area (Å²) in [5.74, 6) is 0.788. The molecule has 3 rings (SSSR count). The Labute approximate surface area is 146 Å². The molecule has 0 N–H and O–H groups in total. The second-order valence-corrected chi connectivity index (χ2v) is 7.81. The van der Waals surface area contributed by atoms with Crippen LogP contribution in [0.4, 0.5) is 0 Å². The van der Waals surface area contributed by atoms with Gasteiger partial charge >= 0.3 is 0 Å². The molecule has 3 nitrogen and oxygen atoms in total. The van der Waals surface area contributed by atoms with Crippen LogP contribution in [0.2, 0.25) is 0 Å². The number of hydrogen-bond donors (Lipinski definition) is 0. The Morgan fingerprint density at radius 2 is 1.75 bits per heavy atom. The quantitative estimate of drug-likeness (QED) is 0.784. The van der Waals surface area contributed by atoms with Crippen LogP contribution in [0.15, 0.2) is 53.4 Å². The lowest BCUT2D eigenvalue weighted by molar-refractivity contribution is 0.101. The SMILES string of the molecule is CC(=O)c1ccc2c(c1)CCN(CCS(=O)c1ccccc1)CC2. The van der Waals surface area contributed by atoms with E-state index < -0.39 is 10.8 Å². The number of ketones is 1. The third kappa shape index (κ3) is 4.19. The van der Waals surface area contributed by atoms with Crippen LogP contribution >= 0.6 is 0 Å². The van der Waals surface area contributed by atoms with Crippen molar-refractivity contribution in [2.75, 3.05) is 25.4 Å². The molecule has 0 radical (unpaired) electrons. The molecule has 2 aromatic rings. The maximum atomic E-state index is 12.4. The van der Waals surface area contributed by atoms with Gasteiger partial charge in [-0.1, -0.05) is 30.3 Å². The molecule has 0 aliphatic carbocycles. The second-order valence-electron chi connectivity index (χ2n) is 6.24. The monoisotopic (exact) mass is 341 g/mol. The highest BCUT2D eigenvalue weighted by Gasteiger charge is 2.16. The van der Waals surface area contributed by atoms with Crippen molar-refractivity contribution in [3.63, 3.8) is 0 Å². The van der Waals surface area contributed by atoms with Crippen LogP contribution in [-0.2, 0) is 23.6 Å². The normalized spacial score (nSPS) is 16.2. The van der Waals surface area contributed by atoms with Crippen molar-refractivity contribution in [2.24, 2.45) is 0 Å². The highest BCUT2D eigenvalue weighted by atomic mass is 32.2. The molecule has 1 heterocycles. The second kappa shape index (κ2) is 7.86. The molecule has 1 unspecified atom stereocenters. The highest BCUT2D eigenvalue weighted by Crippen LogP contribution is 2.18. The standard InChI is InChI=1S/C20H23NO2S/c1-16(22)18-8-7-17-9-11-21(12-10-19(17)15-18)13-14-24(23)20-5-3-2-4-6-20/h2-8,15H,9-14H2,1H3. The van der Waals surface area contributed by atoms with Gasteiger partial charge < -0.3 is 4.90 Å². The molecule has 4 heteroatoms. The van der Waals surface area contributed by atoms with Crippen molar-refractivity contribution in [3.05, 3.63) is 65.2 Å². The number of carbonyl (C=O) groups excluding carboxylic acids is 1. The third-order valence-electron chi connectivity index (χ3n) is 4.61. The smallest absolute Gasteiger partial charge is 0.159 e. The minimum atomic E-state index is -0.937. The van der Waals surface area contributed by atoms with Crippen LogP contribution in [0, 0.1) is 0 Å². The maximum absolute atomic E-state index is 12.4. The zero-order valence-corrected chi connectivity index (χ0v) is 14.8. The van der Waals surface area contributed by atoms with E-state index in [0.29, 0.717) is 5.75 Å². The van der Waals surface area contributed by atoms with Crippen LogP contribution in [-0.4, -0.2) is 40.3 Å². The van der Waals surface area contributed by atoms with E-state index in [1.54, 1.807) is 6.92 Å². The zero-order chi connectivity index (χ0) is 16.9. The summed E-state index contributed by atoms with van der Waals surface area (Å²) in [6, 6.07) is 15.7. The molecule has 1 aliphatic heterocycles. The number of hydrogen-bond acceptors (Lipinski definition) is 3. The lowest BCUT2D eigenvalue weighted by Crippen LogP contribution is -2.30. The van der Waals surface area contributed by atoms with E-state index in [4.69, 9.17) is 0 Å². The van der Waals surface area contributed by atoms with Gasteiger partial charge in [0.05, 0.1) is 10.8 Å². The molecule has 0 saturated heterocycles. The number of fused-ring (bicyclic) bond motifs is 1. The van der Waals surface area contributed by atoms with Crippen LogP contribution < -0.4 is 0 Å². The number of carbonyl (C=O) groups is 1. The van der Waals surface area contributed by atoms with Crippen LogP contribution in [0.25, 0.3) is 0 Å².